The van der Waals surface area contributed by atoms with Crippen molar-refractivity contribution < 1.29 is 9.13 Å². The maximum Gasteiger partial charge on any atom is 0.170 e. The monoisotopic (exact) mass is 426 g/mol. The zero-order chi connectivity index (χ0) is 22.4. The van der Waals surface area contributed by atoms with Crippen molar-refractivity contribution in [3.8, 4) is 34.2 Å². The quantitative estimate of drug-likeness (QED) is 0.452. The van der Waals surface area contributed by atoms with E-state index in [2.05, 4.69) is 21.1 Å². The first-order chi connectivity index (χ1) is 15.5. The third-order valence-corrected chi connectivity index (χ3v) is 5.70. The number of aromatic nitrogens is 4. The Morgan fingerprint density at radius 2 is 2.09 bits per heavy atom. The van der Waals surface area contributed by atoms with Gasteiger partial charge in [-0.15, -0.1) is 0 Å². The van der Waals surface area contributed by atoms with E-state index < -0.39 is 6.10 Å². The Hall–Kier alpha value is -4.25. The molecule has 2 N–H and O–H groups in total. The third-order valence-electron chi connectivity index (χ3n) is 5.70. The van der Waals surface area contributed by atoms with Gasteiger partial charge in [0, 0.05) is 48.1 Å². The van der Waals surface area contributed by atoms with E-state index in [0.29, 0.717) is 28.9 Å². The fraction of sp³-hybridized carbons (Fsp3) is 0.167. The van der Waals surface area contributed by atoms with E-state index >= 15 is 0 Å². The minimum Gasteiger partial charge on any atom is -0.482 e. The largest absolute Gasteiger partial charge is 0.482 e. The van der Waals surface area contributed by atoms with Crippen molar-refractivity contribution >= 4 is 5.82 Å². The van der Waals surface area contributed by atoms with Crippen molar-refractivity contribution in [3.63, 3.8) is 0 Å². The molecule has 1 aromatic carbocycles. The van der Waals surface area contributed by atoms with Crippen LogP contribution in [0.1, 0.15) is 35.5 Å². The number of nitrogens with two attached hydrogens (primary N) is 1. The smallest absolute Gasteiger partial charge is 0.170 e. The summed E-state index contributed by atoms with van der Waals surface area (Å²) in [6, 6.07) is 12.4. The summed E-state index contributed by atoms with van der Waals surface area (Å²) in [6.07, 6.45) is 3.25. The Morgan fingerprint density at radius 3 is 2.91 bits per heavy atom. The average Bonchev–Trinajstić information content (AvgIpc) is 3.10. The number of anilines is 1. The highest BCUT2D eigenvalue weighted by molar-refractivity contribution is 5.75. The van der Waals surface area contributed by atoms with E-state index in [1.54, 1.807) is 36.3 Å². The van der Waals surface area contributed by atoms with Gasteiger partial charge in [-0.1, -0.05) is 6.07 Å². The van der Waals surface area contributed by atoms with Crippen LogP contribution in [0.15, 0.2) is 48.8 Å². The van der Waals surface area contributed by atoms with Crippen LogP contribution in [0, 0.1) is 17.1 Å². The zero-order valence-electron chi connectivity index (χ0n) is 17.5. The molecule has 0 amide bonds. The lowest BCUT2D eigenvalue weighted by Crippen LogP contribution is -2.10. The molecule has 1 aliphatic rings. The second kappa shape index (κ2) is 7.46. The van der Waals surface area contributed by atoms with E-state index in [4.69, 9.17) is 10.5 Å². The van der Waals surface area contributed by atoms with Gasteiger partial charge < -0.3 is 10.5 Å². The summed E-state index contributed by atoms with van der Waals surface area (Å²) >= 11 is 0. The molecule has 4 aromatic rings. The average molecular weight is 426 g/mol. The van der Waals surface area contributed by atoms with Crippen molar-refractivity contribution in [3.05, 3.63) is 77.1 Å². The molecule has 5 rings (SSSR count). The van der Waals surface area contributed by atoms with Crippen LogP contribution < -0.4 is 10.5 Å². The first kappa shape index (κ1) is 19.7. The number of hydrogen-bond acceptors (Lipinski definition) is 6. The van der Waals surface area contributed by atoms with Crippen molar-refractivity contribution in [2.75, 3.05) is 5.73 Å². The molecule has 8 heteroatoms. The van der Waals surface area contributed by atoms with E-state index in [9.17, 15) is 9.65 Å². The highest BCUT2D eigenvalue weighted by Crippen LogP contribution is 2.38. The van der Waals surface area contributed by atoms with E-state index in [1.165, 1.54) is 12.1 Å². The standard InChI is InChI=1S/C24H19FN6O/c1-13-18-10-16(25)5-6-17(18)23-14(4-3-7-28-23)8-20-22(19(11-26)30-31(20)2)15-9-21(32-13)24(27)29-12-15/h3-7,9-10,12-13H,8H2,1-2H3,(H2,27,29)/t13-/m1/s1. The Balaban J connectivity index is 1.85. The number of benzene rings is 1. The van der Waals surface area contributed by atoms with Crippen molar-refractivity contribution in [1.82, 2.24) is 19.7 Å². The Morgan fingerprint density at radius 1 is 1.25 bits per heavy atom. The molecule has 3 aromatic heterocycles. The van der Waals surface area contributed by atoms with Crippen LogP contribution in [-0.4, -0.2) is 19.7 Å². The van der Waals surface area contributed by atoms with Gasteiger partial charge in [0.2, 0.25) is 0 Å². The van der Waals surface area contributed by atoms with E-state index in [0.717, 1.165) is 22.5 Å². The number of nitrogen functional groups attached to an aromatic ring is 1. The molecule has 0 unspecified atom stereocenters. The molecule has 0 saturated carbocycles. The van der Waals surface area contributed by atoms with E-state index in [-0.39, 0.29) is 17.3 Å². The van der Waals surface area contributed by atoms with Gasteiger partial charge in [0.25, 0.3) is 0 Å². The second-order valence-corrected chi connectivity index (χ2v) is 7.69. The summed E-state index contributed by atoms with van der Waals surface area (Å²) in [5.74, 6) is 0.194. The summed E-state index contributed by atoms with van der Waals surface area (Å²) in [5.41, 5.74) is 11.6. The van der Waals surface area contributed by atoms with Crippen molar-refractivity contribution in [1.29, 1.82) is 5.26 Å². The zero-order valence-corrected chi connectivity index (χ0v) is 17.5. The first-order valence-corrected chi connectivity index (χ1v) is 10.1. The van der Waals surface area contributed by atoms with Crippen LogP contribution in [0.3, 0.4) is 0 Å². The lowest BCUT2D eigenvalue weighted by molar-refractivity contribution is 0.227. The number of hydrogen-bond donors (Lipinski definition) is 1. The maximum absolute atomic E-state index is 14.2. The van der Waals surface area contributed by atoms with Gasteiger partial charge in [0.15, 0.2) is 17.3 Å². The lowest BCUT2D eigenvalue weighted by atomic mass is 9.93. The summed E-state index contributed by atoms with van der Waals surface area (Å²) in [5, 5.41) is 14.1. The fourth-order valence-corrected chi connectivity index (χ4v) is 4.17. The number of nitrogens with zero attached hydrogens (tertiary/aromatic N) is 5. The molecule has 1 aliphatic heterocycles. The van der Waals surface area contributed by atoms with Gasteiger partial charge in [0.1, 0.15) is 18.0 Å². The van der Waals surface area contributed by atoms with Crippen LogP contribution >= 0.6 is 0 Å². The Bertz CT molecular complexity index is 1400. The number of rotatable bonds is 0. The lowest BCUT2D eigenvalue weighted by Gasteiger charge is -2.22. The molecule has 0 saturated heterocycles. The molecular weight excluding hydrogens is 407 g/mol. The number of ether oxygens (including phenoxy) is 1. The van der Waals surface area contributed by atoms with Gasteiger partial charge in [-0.3, -0.25) is 9.67 Å². The number of pyridine rings is 2. The predicted molar refractivity (Wildman–Crippen MR) is 117 cm³/mol. The van der Waals surface area contributed by atoms with Gasteiger partial charge in [-0.25, -0.2) is 9.37 Å². The van der Waals surface area contributed by atoms with E-state index in [1.807, 2.05) is 19.1 Å². The third kappa shape index (κ3) is 3.15. The number of nitriles is 1. The fourth-order valence-electron chi connectivity index (χ4n) is 4.17. The van der Waals surface area contributed by atoms with Crippen LogP contribution in [0.4, 0.5) is 10.2 Å². The summed E-state index contributed by atoms with van der Waals surface area (Å²) in [6.45, 7) is 1.83. The molecule has 0 radical (unpaired) electrons. The molecule has 7 nitrogen and oxygen atoms in total. The van der Waals surface area contributed by atoms with Crippen LogP contribution in [-0.2, 0) is 13.5 Å². The molecule has 2 bridgehead atoms. The number of halogens is 1. The van der Waals surface area contributed by atoms with Crippen LogP contribution in [0.5, 0.6) is 5.75 Å². The number of fused-ring (bicyclic) bond motifs is 7. The molecule has 0 fully saturated rings. The first-order valence-electron chi connectivity index (χ1n) is 10.1. The Kier molecular flexibility index (Phi) is 4.59. The molecular formula is C24H19FN6O. The molecule has 158 valence electrons. The molecule has 1 atom stereocenters. The van der Waals surface area contributed by atoms with Gasteiger partial charge in [0.05, 0.1) is 11.4 Å². The summed E-state index contributed by atoms with van der Waals surface area (Å²) in [7, 11) is 1.80. The normalized spacial score (nSPS) is 14.6. The maximum atomic E-state index is 14.2. The minimum atomic E-state index is -0.530. The van der Waals surface area contributed by atoms with Crippen molar-refractivity contribution in [2.45, 2.75) is 19.4 Å². The second-order valence-electron chi connectivity index (χ2n) is 7.69. The predicted octanol–water partition coefficient (Wildman–Crippen LogP) is 4.18. The summed E-state index contributed by atoms with van der Waals surface area (Å²) in [4.78, 5) is 8.90. The minimum absolute atomic E-state index is 0.207. The Labute approximate surface area is 183 Å². The highest BCUT2D eigenvalue weighted by atomic mass is 19.1. The van der Waals surface area contributed by atoms with Gasteiger partial charge in [-0.2, -0.15) is 10.4 Å². The summed E-state index contributed by atoms with van der Waals surface area (Å²) < 4.78 is 22.1. The highest BCUT2D eigenvalue weighted by Gasteiger charge is 2.25. The SMILES string of the molecule is C[C@H]1Oc2cc(cnc2N)-c2c(C#N)nn(C)c2Cc2cccnc2-c2ccc(F)cc21. The van der Waals surface area contributed by atoms with Crippen LogP contribution in [0.25, 0.3) is 22.4 Å². The molecule has 0 aliphatic carbocycles. The molecule has 32 heavy (non-hydrogen) atoms. The van der Waals surface area contributed by atoms with Crippen LogP contribution in [0.2, 0.25) is 0 Å². The van der Waals surface area contributed by atoms with Gasteiger partial charge in [-0.05, 0) is 42.8 Å². The van der Waals surface area contributed by atoms with Crippen molar-refractivity contribution in [2.24, 2.45) is 7.05 Å². The topological polar surface area (TPSA) is 103 Å². The van der Waals surface area contributed by atoms with Gasteiger partial charge >= 0.3 is 0 Å². The number of aryl methyl sites for hydroxylation is 1. The molecule has 4 heterocycles. The molecule has 0 spiro atoms.